The molecule has 4 nitrogen and oxygen atoms in total. The molecule has 0 saturated carbocycles. The number of rotatable bonds is 9. The van der Waals surface area contributed by atoms with Crippen molar-refractivity contribution in [2.24, 2.45) is 0 Å². The number of hydrogen-bond donors (Lipinski definition) is 1. The fraction of sp³-hybridized carbons (Fsp3) is 0.714. The molecule has 0 aromatic carbocycles. The van der Waals surface area contributed by atoms with Crippen LogP contribution in [0, 0.1) is 6.92 Å². The van der Waals surface area contributed by atoms with Crippen LogP contribution in [0.15, 0.2) is 10.5 Å². The number of hydrogen-bond acceptors (Lipinski definition) is 4. The normalized spacial score (nSPS) is 12.9. The Hall–Kier alpha value is -0.840. The Morgan fingerprint density at radius 1 is 1.44 bits per heavy atom. The minimum atomic E-state index is 0.0853. The van der Waals surface area contributed by atoms with Gasteiger partial charge in [0.2, 0.25) is 0 Å². The molecule has 0 bridgehead atoms. The minimum Gasteiger partial charge on any atom is -0.464 e. The van der Waals surface area contributed by atoms with Gasteiger partial charge in [-0.05, 0) is 32.9 Å². The lowest BCUT2D eigenvalue weighted by atomic mass is 10.2. The first kappa shape index (κ1) is 15.2. The molecule has 0 fully saturated rings. The van der Waals surface area contributed by atoms with E-state index in [4.69, 9.17) is 13.9 Å². The van der Waals surface area contributed by atoms with Crippen molar-refractivity contribution in [2.75, 3.05) is 20.3 Å². The number of furan rings is 1. The summed E-state index contributed by atoms with van der Waals surface area (Å²) in [4.78, 5) is 0. The zero-order valence-electron chi connectivity index (χ0n) is 11.9. The fourth-order valence-corrected chi connectivity index (χ4v) is 1.74. The first-order valence-corrected chi connectivity index (χ1v) is 6.56. The Morgan fingerprint density at radius 2 is 2.22 bits per heavy atom. The van der Waals surface area contributed by atoms with Crippen molar-refractivity contribution < 1.29 is 13.9 Å². The highest BCUT2D eigenvalue weighted by Gasteiger charge is 2.09. The van der Waals surface area contributed by atoms with Crippen LogP contribution in [0.2, 0.25) is 0 Å². The van der Waals surface area contributed by atoms with Crippen molar-refractivity contribution in [2.45, 2.75) is 46.4 Å². The summed E-state index contributed by atoms with van der Waals surface area (Å²) < 4.78 is 16.3. The van der Waals surface area contributed by atoms with Gasteiger partial charge >= 0.3 is 0 Å². The molecule has 1 N–H and O–H groups in total. The summed E-state index contributed by atoms with van der Waals surface area (Å²) in [5, 5.41) is 3.37. The minimum absolute atomic E-state index is 0.0853. The molecule has 0 radical (unpaired) electrons. The molecule has 0 aliphatic rings. The van der Waals surface area contributed by atoms with Crippen LogP contribution in [-0.4, -0.2) is 26.4 Å². The SMILES string of the molecule is CCCNCc1cc(COC(C)COC)oc1C. The van der Waals surface area contributed by atoms with Crippen molar-refractivity contribution in [1.82, 2.24) is 5.32 Å². The molecule has 0 aliphatic heterocycles. The maximum atomic E-state index is 5.67. The number of ether oxygens (including phenoxy) is 2. The van der Waals surface area contributed by atoms with E-state index in [1.54, 1.807) is 7.11 Å². The van der Waals surface area contributed by atoms with Gasteiger partial charge in [-0.25, -0.2) is 0 Å². The summed E-state index contributed by atoms with van der Waals surface area (Å²) >= 11 is 0. The van der Waals surface area contributed by atoms with Gasteiger partial charge in [-0.1, -0.05) is 6.92 Å². The van der Waals surface area contributed by atoms with Gasteiger partial charge in [0.15, 0.2) is 0 Å². The lowest BCUT2D eigenvalue weighted by molar-refractivity contribution is -0.00654. The van der Waals surface area contributed by atoms with Gasteiger partial charge in [0, 0.05) is 19.2 Å². The van der Waals surface area contributed by atoms with Crippen LogP contribution >= 0.6 is 0 Å². The second-order valence-electron chi connectivity index (χ2n) is 4.55. The quantitative estimate of drug-likeness (QED) is 0.689. The summed E-state index contributed by atoms with van der Waals surface area (Å²) in [7, 11) is 1.68. The molecule has 1 unspecified atom stereocenters. The zero-order chi connectivity index (χ0) is 13.4. The third-order valence-electron chi connectivity index (χ3n) is 2.73. The monoisotopic (exact) mass is 255 g/mol. The topological polar surface area (TPSA) is 43.6 Å². The average Bonchev–Trinajstić information content (AvgIpc) is 2.69. The van der Waals surface area contributed by atoms with E-state index in [9.17, 15) is 0 Å². The maximum absolute atomic E-state index is 5.67. The van der Waals surface area contributed by atoms with Crippen LogP contribution in [0.3, 0.4) is 0 Å². The Balaban J connectivity index is 2.40. The molecular weight excluding hydrogens is 230 g/mol. The van der Waals surface area contributed by atoms with E-state index in [1.807, 2.05) is 13.8 Å². The van der Waals surface area contributed by atoms with E-state index < -0.39 is 0 Å². The van der Waals surface area contributed by atoms with Crippen molar-refractivity contribution in [3.8, 4) is 0 Å². The number of methoxy groups -OCH3 is 1. The van der Waals surface area contributed by atoms with Gasteiger partial charge in [-0.2, -0.15) is 0 Å². The fourth-order valence-electron chi connectivity index (χ4n) is 1.74. The highest BCUT2D eigenvalue weighted by Crippen LogP contribution is 2.16. The van der Waals surface area contributed by atoms with Crippen molar-refractivity contribution >= 4 is 0 Å². The lowest BCUT2D eigenvalue weighted by Crippen LogP contribution is -2.14. The standard InChI is InChI=1S/C14H25NO3/c1-5-6-15-8-13-7-14(18-12(13)3)10-17-11(2)9-16-4/h7,11,15H,5-6,8-10H2,1-4H3. The molecule has 104 valence electrons. The summed E-state index contributed by atoms with van der Waals surface area (Å²) in [6.45, 7) is 9.13. The molecule has 1 rings (SSSR count). The summed E-state index contributed by atoms with van der Waals surface area (Å²) in [6, 6.07) is 2.07. The van der Waals surface area contributed by atoms with Gasteiger partial charge in [-0.3, -0.25) is 0 Å². The van der Waals surface area contributed by atoms with Gasteiger partial charge in [-0.15, -0.1) is 0 Å². The summed E-state index contributed by atoms with van der Waals surface area (Å²) in [5.74, 6) is 1.85. The van der Waals surface area contributed by atoms with E-state index >= 15 is 0 Å². The Kier molecular flexibility index (Phi) is 7.01. The third-order valence-corrected chi connectivity index (χ3v) is 2.73. The Bertz CT molecular complexity index is 336. The second-order valence-corrected chi connectivity index (χ2v) is 4.55. The van der Waals surface area contributed by atoms with Gasteiger partial charge in [0.25, 0.3) is 0 Å². The predicted octanol–water partition coefficient (Wildman–Crippen LogP) is 2.64. The van der Waals surface area contributed by atoms with Crippen LogP contribution in [-0.2, 0) is 22.6 Å². The molecule has 1 aromatic heterocycles. The van der Waals surface area contributed by atoms with E-state index in [0.29, 0.717) is 13.2 Å². The molecule has 0 amide bonds. The Morgan fingerprint density at radius 3 is 2.89 bits per heavy atom. The van der Waals surface area contributed by atoms with E-state index in [1.165, 1.54) is 5.56 Å². The molecule has 0 aliphatic carbocycles. The smallest absolute Gasteiger partial charge is 0.130 e. The Labute approximate surface area is 110 Å². The molecule has 18 heavy (non-hydrogen) atoms. The van der Waals surface area contributed by atoms with Gasteiger partial charge in [0.05, 0.1) is 12.7 Å². The maximum Gasteiger partial charge on any atom is 0.130 e. The van der Waals surface area contributed by atoms with Crippen molar-refractivity contribution in [3.05, 3.63) is 23.2 Å². The van der Waals surface area contributed by atoms with Crippen molar-refractivity contribution in [3.63, 3.8) is 0 Å². The molecule has 1 aromatic rings. The number of nitrogens with one attached hydrogen (secondary N) is 1. The van der Waals surface area contributed by atoms with Crippen LogP contribution in [0.1, 0.15) is 37.4 Å². The molecule has 4 heteroatoms. The first-order chi connectivity index (χ1) is 8.67. The molecule has 0 saturated heterocycles. The van der Waals surface area contributed by atoms with Crippen molar-refractivity contribution in [1.29, 1.82) is 0 Å². The summed E-state index contributed by atoms with van der Waals surface area (Å²) in [5.41, 5.74) is 1.21. The molecular formula is C14H25NO3. The summed E-state index contributed by atoms with van der Waals surface area (Å²) in [6.07, 6.45) is 1.23. The molecule has 1 heterocycles. The largest absolute Gasteiger partial charge is 0.464 e. The van der Waals surface area contributed by atoms with Crippen LogP contribution < -0.4 is 5.32 Å². The highest BCUT2D eigenvalue weighted by atomic mass is 16.5. The third kappa shape index (κ3) is 5.21. The lowest BCUT2D eigenvalue weighted by Gasteiger charge is -2.09. The van der Waals surface area contributed by atoms with Crippen LogP contribution in [0.5, 0.6) is 0 Å². The van der Waals surface area contributed by atoms with E-state index in [0.717, 1.165) is 31.0 Å². The average molecular weight is 255 g/mol. The van der Waals surface area contributed by atoms with Gasteiger partial charge < -0.3 is 19.2 Å². The first-order valence-electron chi connectivity index (χ1n) is 6.56. The van der Waals surface area contributed by atoms with E-state index in [-0.39, 0.29) is 6.10 Å². The van der Waals surface area contributed by atoms with Crippen LogP contribution in [0.25, 0.3) is 0 Å². The molecule has 1 atom stereocenters. The highest BCUT2D eigenvalue weighted by molar-refractivity contribution is 5.20. The number of aryl methyl sites for hydroxylation is 1. The van der Waals surface area contributed by atoms with Gasteiger partial charge in [0.1, 0.15) is 18.1 Å². The van der Waals surface area contributed by atoms with E-state index in [2.05, 4.69) is 18.3 Å². The van der Waals surface area contributed by atoms with Crippen LogP contribution in [0.4, 0.5) is 0 Å². The molecule has 0 spiro atoms. The predicted molar refractivity (Wildman–Crippen MR) is 71.6 cm³/mol. The second kappa shape index (κ2) is 8.29. The zero-order valence-corrected chi connectivity index (χ0v) is 11.9.